The summed E-state index contributed by atoms with van der Waals surface area (Å²) < 4.78 is 14.8. The molecule has 0 radical (unpaired) electrons. The number of nitrogens with one attached hydrogen (secondary N) is 9. The van der Waals surface area contributed by atoms with Crippen molar-refractivity contribution in [3.63, 3.8) is 0 Å². The fourth-order valence-electron chi connectivity index (χ4n) is 13.7. The molecule has 0 spiro atoms. The van der Waals surface area contributed by atoms with Gasteiger partial charge in [-0.25, -0.2) is 57.7 Å². The number of aromatic amines is 3. The molecule has 0 aliphatic carbocycles. The second kappa shape index (κ2) is 49.4. The van der Waals surface area contributed by atoms with E-state index in [1.54, 1.807) is 6.07 Å². The van der Waals surface area contributed by atoms with Crippen LogP contribution < -0.4 is 41.4 Å². The number of non-ortho nitro benzene ring substituents is 4. The molecule has 0 fully saturated rings. The minimum atomic E-state index is -1.32. The van der Waals surface area contributed by atoms with Gasteiger partial charge in [-0.3, -0.25) is 74.0 Å². The number of ketones is 1. The number of Topliss-reactive ketones (excluding diaryl/α,β-unsaturated/α-hetero) is 1. The highest BCUT2D eigenvalue weighted by Crippen LogP contribution is 2.36. The molecule has 4 heterocycles. The first-order valence-corrected chi connectivity index (χ1v) is 44.1. The fourth-order valence-corrected chi connectivity index (χ4v) is 15.1. The van der Waals surface area contributed by atoms with E-state index in [0.29, 0.717) is 43.3 Å². The highest BCUT2D eigenvalue weighted by atomic mass is 32.2. The molecular formula is C95H71N17O36S2. The Hall–Kier alpha value is -21.3. The molecule has 55 heteroatoms. The van der Waals surface area contributed by atoms with Gasteiger partial charge in [0.05, 0.1) is 152 Å². The molecule has 18 N–H and O–H groups in total. The molecular weight excluding hydrogens is 2020 g/mol. The number of carbonyl (C=O) groups excluding carboxylic acids is 7. The number of amides is 6. The number of thioether (sulfide) groups is 2. The van der Waals surface area contributed by atoms with Crippen LogP contribution in [0, 0.1) is 40.5 Å². The van der Waals surface area contributed by atoms with Crippen LogP contribution in [0.2, 0.25) is 0 Å². The largest absolute Gasteiger partial charge is 0.493 e. The highest BCUT2D eigenvalue weighted by Gasteiger charge is 2.30. The lowest BCUT2D eigenvalue weighted by Crippen LogP contribution is -2.27. The van der Waals surface area contributed by atoms with E-state index in [0.717, 1.165) is 59.9 Å². The smallest absolute Gasteiger partial charge is 0.352 e. The number of nitrogens with zero attached hydrogens (tertiary/aromatic N) is 8. The number of methoxy groups -OCH3 is 2. The molecule has 0 unspecified atom stereocenters. The van der Waals surface area contributed by atoms with Crippen molar-refractivity contribution in [2.45, 2.75) is 23.2 Å². The summed E-state index contributed by atoms with van der Waals surface area (Å²) in [7, 11) is 2.77. The Labute approximate surface area is 843 Å². The van der Waals surface area contributed by atoms with Gasteiger partial charge in [-0.05, 0) is 108 Å². The number of rotatable bonds is 36. The van der Waals surface area contributed by atoms with E-state index in [-0.39, 0.29) is 177 Å². The van der Waals surface area contributed by atoms with Gasteiger partial charge >= 0.3 is 53.7 Å². The molecule has 0 aliphatic heterocycles. The standard InChI is InChI=1S/C22H15N3O8.C19H13N3O7.C19H15N3O7.C18H16N4O7S.C17H12N4O7S/c26-19(23-17-7-3-1-5-15(17)21(28)29)12-9-13(11-14(10-12)25(32)33)20(27)24-18-8-4-2-6-16(18)22(30)31;23-15(10-5-1-3-7-12(10)18(25)26)9-14-16(22-29-21-14)20-17(24)11-6-2-4-8-13(11)19(27)28;23-17(12-4-1-2-5-13(12)18(24)25)20-9-8-11-10-6-3-7-14(22(28)29)15(10)21-16(11)19(26)27;1-28-14-6-10(17(24)25)12(7-15(14)29-2)19-16(23)8-30-18-20-11-4-3-9(22(26)27)5-13(11)21-18;22-14(18-12-5-8(15(23)24)1-3-10(12)16(25)26)7-29-17-19-11-4-2-9(21(27)28)6-13(11)20-17/h1-11H,(H,23,26)(H,24,27)(H,28,29)(H,30,31);1-8H,9H2,(H,25,26)(H,27,28)(H,20,22,24);1-7,21H,8-9H2,(H,20,23)(H,24,25)(H,26,27);3-7H,8H2,1-2H3,(H,19,23)(H,20,21)(H,24,25);1-6H,7H2,(H,18,22)(H,19,20)(H,23,24)(H,25,26). The monoisotopic (exact) mass is 2090 g/mol. The molecule has 764 valence electrons. The summed E-state index contributed by atoms with van der Waals surface area (Å²) in [6.45, 7) is 0.00269. The van der Waals surface area contributed by atoms with Crippen LogP contribution in [0.5, 0.6) is 11.5 Å². The Bertz CT molecular complexity index is 7840. The number of anilines is 5. The third kappa shape index (κ3) is 27.7. The van der Waals surface area contributed by atoms with Gasteiger partial charge in [0, 0.05) is 83.2 Å². The van der Waals surface area contributed by atoms with Crippen molar-refractivity contribution in [3.05, 3.63) is 354 Å². The zero-order valence-electron chi connectivity index (χ0n) is 76.3. The molecule has 53 nitrogen and oxygen atoms in total. The molecule has 15 aromatic rings. The number of imidazole rings is 2. The Kier molecular flexibility index (Phi) is 35.9. The van der Waals surface area contributed by atoms with E-state index in [1.807, 2.05) is 0 Å². The molecule has 0 aliphatic rings. The van der Waals surface area contributed by atoms with E-state index in [1.165, 1.54) is 196 Å². The van der Waals surface area contributed by atoms with Gasteiger partial charge < -0.3 is 102 Å². The highest BCUT2D eigenvalue weighted by molar-refractivity contribution is 8.00. The third-order valence-corrected chi connectivity index (χ3v) is 22.4. The second-order valence-corrected chi connectivity index (χ2v) is 32.1. The minimum absolute atomic E-state index is 0.00269. The van der Waals surface area contributed by atoms with Crippen molar-refractivity contribution in [3.8, 4) is 11.5 Å². The van der Waals surface area contributed by atoms with Crippen LogP contribution in [-0.2, 0) is 22.4 Å². The van der Waals surface area contributed by atoms with Crippen LogP contribution in [0.15, 0.2) is 239 Å². The van der Waals surface area contributed by atoms with Crippen LogP contribution in [0.3, 0.4) is 0 Å². The number of aromatic carboxylic acids is 9. The van der Waals surface area contributed by atoms with Crippen LogP contribution in [0.25, 0.3) is 33.0 Å². The van der Waals surface area contributed by atoms with Crippen LogP contribution >= 0.6 is 23.5 Å². The van der Waals surface area contributed by atoms with Crippen molar-refractivity contribution < 1.29 is 156 Å². The number of nitro benzene ring substituents is 4. The molecule has 6 amide bonds. The quantitative estimate of drug-likeness (QED) is 0.00750. The average Bonchev–Trinajstić information content (AvgIpc) is 1.62. The van der Waals surface area contributed by atoms with Crippen LogP contribution in [0.1, 0.15) is 156 Å². The maximum atomic E-state index is 12.7. The summed E-state index contributed by atoms with van der Waals surface area (Å²) in [4.78, 5) is 248. The number of H-pyrrole nitrogens is 3. The number of carboxylic acid groups (broad SMARTS) is 9. The summed E-state index contributed by atoms with van der Waals surface area (Å²) in [5, 5.41) is 150. The first-order chi connectivity index (χ1) is 71.4. The first-order valence-electron chi connectivity index (χ1n) is 42.2. The summed E-state index contributed by atoms with van der Waals surface area (Å²) in [5.74, 6) is -16.2. The van der Waals surface area contributed by atoms with Gasteiger partial charge in [-0.1, -0.05) is 108 Å². The van der Waals surface area contributed by atoms with E-state index in [2.05, 4.69) is 71.8 Å². The predicted molar refractivity (Wildman–Crippen MR) is 525 cm³/mol. The van der Waals surface area contributed by atoms with Crippen LogP contribution in [-0.4, -0.2) is 228 Å². The summed E-state index contributed by atoms with van der Waals surface area (Å²) >= 11 is 2.07. The number of hydrogen-bond donors (Lipinski definition) is 18. The van der Waals surface area contributed by atoms with Gasteiger partial charge in [0.1, 0.15) is 16.9 Å². The molecule has 4 aromatic heterocycles. The second-order valence-electron chi connectivity index (χ2n) is 30.2. The van der Waals surface area contributed by atoms with Gasteiger partial charge in [0.15, 0.2) is 27.6 Å². The molecule has 0 saturated heterocycles. The maximum Gasteiger partial charge on any atom is 0.352 e. The average molecular weight is 2090 g/mol. The van der Waals surface area contributed by atoms with E-state index < -0.39 is 120 Å². The number of nitro groups is 4. The number of benzene rings is 11. The van der Waals surface area contributed by atoms with Crippen molar-refractivity contribution in [1.82, 2.24) is 40.6 Å². The lowest BCUT2D eigenvalue weighted by molar-refractivity contribution is -0.385. The van der Waals surface area contributed by atoms with Crippen molar-refractivity contribution in [1.29, 1.82) is 0 Å². The summed E-state index contributed by atoms with van der Waals surface area (Å²) in [5.41, 5.74) is -1.27. The number of fused-ring (bicyclic) bond motifs is 3. The Balaban J connectivity index is 0.000000178. The molecule has 15 rings (SSSR count). The predicted octanol–water partition coefficient (Wildman–Crippen LogP) is 13.6. The molecule has 0 atom stereocenters. The summed E-state index contributed by atoms with van der Waals surface area (Å²) in [6, 6.07) is 49.5. The topological polar surface area (TPSA) is 830 Å². The number of hydrogen-bond acceptors (Lipinski definition) is 33. The van der Waals surface area contributed by atoms with Gasteiger partial charge in [0.2, 0.25) is 17.6 Å². The summed E-state index contributed by atoms with van der Waals surface area (Å²) in [6.07, 6.45) is -0.312. The minimum Gasteiger partial charge on any atom is -0.493 e. The Morgan fingerprint density at radius 2 is 0.793 bits per heavy atom. The molecule has 11 aromatic carbocycles. The first kappa shape index (κ1) is 109. The fraction of sp³-hybridized carbons (Fsp3) is 0.0737. The molecule has 0 bridgehead atoms. The Morgan fingerprint density at radius 1 is 0.367 bits per heavy atom. The van der Waals surface area contributed by atoms with Crippen LogP contribution in [0.4, 0.5) is 51.3 Å². The van der Waals surface area contributed by atoms with Crippen molar-refractivity contribution >= 4 is 203 Å². The number of para-hydroxylation sites is 3. The molecule has 0 saturated carbocycles. The lowest BCUT2D eigenvalue weighted by atomic mass is 10.0. The van der Waals surface area contributed by atoms with Gasteiger partial charge in [0.25, 0.3) is 46.4 Å². The lowest BCUT2D eigenvalue weighted by Gasteiger charge is -2.13. The number of aromatic nitrogens is 7. The number of ether oxygens (including phenoxy) is 2. The van der Waals surface area contributed by atoms with E-state index in [9.17, 15) is 158 Å². The normalized spacial score (nSPS) is 10.5. The van der Waals surface area contributed by atoms with Crippen molar-refractivity contribution in [2.75, 3.05) is 58.9 Å². The number of carbonyl (C=O) groups is 16. The maximum absolute atomic E-state index is 12.7. The van der Waals surface area contributed by atoms with Gasteiger partial charge in [-0.2, -0.15) is 0 Å². The zero-order chi connectivity index (χ0) is 109. The van der Waals surface area contributed by atoms with Crippen molar-refractivity contribution in [2.24, 2.45) is 0 Å². The number of carboxylic acids is 9. The van der Waals surface area contributed by atoms with Gasteiger partial charge in [-0.15, -0.1) is 0 Å². The van der Waals surface area contributed by atoms with E-state index in [4.69, 9.17) is 14.6 Å². The van der Waals surface area contributed by atoms with E-state index >= 15 is 0 Å². The SMILES string of the molecule is COc1cc(NC(=O)CSc2nc3ccc([N+](=O)[O-])cc3[nH]2)c(C(=O)O)cc1OC.O=C(CSc1nc2ccc([N+](=O)[O-])cc2[nH]1)Nc1cc(C(=O)O)ccc1C(=O)O.O=C(Nc1ccccc1C(=O)O)c1cc(C(=O)Nc2ccccc2C(=O)O)cc([N+](=O)[O-])c1.O=C(O)c1ccccc1C(=O)Cc1nonc1NC(=O)c1ccccc1C(=O)O.O=C(O)c1ccccc1C(=O)NCCc1c(C(=O)O)[nH]c2c([N+](=O)[O-])cccc12. The molecule has 150 heavy (non-hydrogen) atoms. The Morgan fingerprint density at radius 3 is 1.24 bits per heavy atom. The third-order valence-electron chi connectivity index (χ3n) is 20.6. The zero-order valence-corrected chi connectivity index (χ0v) is 78.0.